The van der Waals surface area contributed by atoms with E-state index in [1.165, 1.54) is 0 Å². The molecule has 2 rings (SSSR count). The van der Waals surface area contributed by atoms with Gasteiger partial charge in [-0.05, 0) is 18.2 Å². The smallest absolute Gasteiger partial charge is 0.348 e. The van der Waals surface area contributed by atoms with Gasteiger partial charge in [-0.25, -0.2) is 4.79 Å². The summed E-state index contributed by atoms with van der Waals surface area (Å²) in [4.78, 5) is 22.9. The second-order valence-electron chi connectivity index (χ2n) is 3.14. The summed E-state index contributed by atoms with van der Waals surface area (Å²) < 4.78 is 0. The van der Waals surface area contributed by atoms with Crippen LogP contribution in [0.1, 0.15) is 0 Å². The van der Waals surface area contributed by atoms with Gasteiger partial charge in [-0.1, -0.05) is 35.0 Å². The quantitative estimate of drug-likeness (QED) is 0.780. The molecule has 1 aromatic rings. The van der Waals surface area contributed by atoms with Crippen molar-refractivity contribution in [1.29, 1.82) is 0 Å². The van der Waals surface area contributed by atoms with E-state index in [2.05, 4.69) is 5.32 Å². The van der Waals surface area contributed by atoms with E-state index < -0.39 is 16.9 Å². The zero-order valence-corrected chi connectivity index (χ0v) is 10.5. The lowest BCUT2D eigenvalue weighted by atomic mass is 10.3. The molecule has 4 nitrogen and oxygen atoms in total. The molecule has 0 aromatic heterocycles. The normalized spacial score (nSPS) is 17.2. The van der Waals surface area contributed by atoms with E-state index in [-0.39, 0.29) is 4.91 Å². The van der Waals surface area contributed by atoms with Crippen LogP contribution in [0.15, 0.2) is 33.0 Å². The van der Waals surface area contributed by atoms with Crippen LogP contribution in [0.25, 0.3) is 0 Å². The van der Waals surface area contributed by atoms with Crippen LogP contribution in [0, 0.1) is 0 Å². The summed E-state index contributed by atoms with van der Waals surface area (Å²) in [5.74, 6) is -1.87. The molecule has 17 heavy (non-hydrogen) atoms. The Labute approximate surface area is 111 Å². The largest absolute Gasteiger partial charge is 0.477 e. The van der Waals surface area contributed by atoms with Crippen molar-refractivity contribution in [3.8, 4) is 0 Å². The van der Waals surface area contributed by atoms with Crippen molar-refractivity contribution in [3.63, 3.8) is 0 Å². The van der Waals surface area contributed by atoms with Gasteiger partial charge in [0.2, 0.25) is 0 Å². The second-order valence-corrected chi connectivity index (χ2v) is 5.01. The van der Waals surface area contributed by atoms with Gasteiger partial charge in [0.25, 0.3) is 5.91 Å². The lowest BCUT2D eigenvalue weighted by Crippen LogP contribution is -2.19. The fraction of sp³-hybridized carbons (Fsp3) is 0. The maximum absolute atomic E-state index is 11.6. The van der Waals surface area contributed by atoms with Gasteiger partial charge < -0.3 is 10.4 Å². The van der Waals surface area contributed by atoms with Gasteiger partial charge in [0.1, 0.15) is 9.94 Å². The number of carboxylic acids is 1. The van der Waals surface area contributed by atoms with Crippen molar-refractivity contribution in [2.24, 2.45) is 0 Å². The highest BCUT2D eigenvalue weighted by molar-refractivity contribution is 8.04. The number of anilines is 1. The third-order valence-corrected chi connectivity index (χ3v) is 3.85. The first-order chi connectivity index (χ1) is 7.99. The van der Waals surface area contributed by atoms with Crippen LogP contribution in [-0.2, 0) is 9.59 Å². The zero-order chi connectivity index (χ0) is 12.6. The van der Waals surface area contributed by atoms with Crippen LogP contribution in [0.2, 0.25) is 5.02 Å². The fourth-order valence-electron chi connectivity index (χ4n) is 1.26. The molecular formula is C10H5Cl2NO3S. The summed E-state index contributed by atoms with van der Waals surface area (Å²) in [6.07, 6.45) is 0. The number of hydrogen-bond acceptors (Lipinski definition) is 3. The van der Waals surface area contributed by atoms with Crippen molar-refractivity contribution in [2.75, 3.05) is 5.32 Å². The van der Waals surface area contributed by atoms with Crippen molar-refractivity contribution in [1.82, 2.24) is 0 Å². The van der Waals surface area contributed by atoms with Gasteiger partial charge in [-0.3, -0.25) is 4.79 Å². The van der Waals surface area contributed by atoms with Crippen molar-refractivity contribution >= 4 is 52.5 Å². The minimum atomic E-state index is -1.34. The van der Waals surface area contributed by atoms with E-state index in [0.29, 0.717) is 15.6 Å². The van der Waals surface area contributed by atoms with Crippen LogP contribution in [0.4, 0.5) is 5.69 Å². The van der Waals surface area contributed by atoms with Gasteiger partial charge in [0.05, 0.1) is 5.69 Å². The predicted octanol–water partition coefficient (Wildman–Crippen LogP) is 2.92. The van der Waals surface area contributed by atoms with E-state index >= 15 is 0 Å². The van der Waals surface area contributed by atoms with Gasteiger partial charge in [-0.15, -0.1) is 0 Å². The number of rotatable bonds is 1. The SMILES string of the molecule is O=C(O)/C(Cl)=C1/Sc2cc(Cl)ccc2NC1=O. The van der Waals surface area contributed by atoms with Crippen molar-refractivity contribution < 1.29 is 14.7 Å². The lowest BCUT2D eigenvalue weighted by Gasteiger charge is -2.18. The summed E-state index contributed by atoms with van der Waals surface area (Å²) in [5.41, 5.74) is 0.586. The number of halogens is 2. The zero-order valence-electron chi connectivity index (χ0n) is 8.16. The Bertz CT molecular complexity index is 556. The minimum absolute atomic E-state index is 0.0473. The summed E-state index contributed by atoms with van der Waals surface area (Å²) in [6, 6.07) is 4.91. The number of fused-ring (bicyclic) bond motifs is 1. The Hall–Kier alpha value is -1.17. The molecule has 0 saturated carbocycles. The standard InChI is InChI=1S/C10H5Cl2NO3S/c11-4-1-2-5-6(3-4)17-8(9(14)13-5)7(12)10(15)16/h1-3H,(H,13,14)(H,15,16)/b8-7-. The maximum atomic E-state index is 11.6. The number of benzene rings is 1. The van der Waals surface area contributed by atoms with Gasteiger partial charge in [0.15, 0.2) is 0 Å². The summed E-state index contributed by atoms with van der Waals surface area (Å²) in [7, 11) is 0. The van der Waals surface area contributed by atoms with E-state index in [9.17, 15) is 9.59 Å². The molecule has 0 aliphatic carbocycles. The highest BCUT2D eigenvalue weighted by Gasteiger charge is 2.26. The van der Waals surface area contributed by atoms with Crippen molar-refractivity contribution in [2.45, 2.75) is 4.90 Å². The first-order valence-electron chi connectivity index (χ1n) is 4.41. The number of aliphatic carboxylic acids is 1. The van der Waals surface area contributed by atoms with E-state index in [1.807, 2.05) is 0 Å². The van der Waals surface area contributed by atoms with E-state index in [0.717, 1.165) is 11.8 Å². The van der Waals surface area contributed by atoms with Crippen molar-refractivity contribution in [3.05, 3.63) is 33.2 Å². The summed E-state index contributed by atoms with van der Waals surface area (Å²) in [5, 5.41) is 11.3. The Morgan fingerprint density at radius 1 is 1.41 bits per heavy atom. The number of nitrogens with one attached hydrogen (secondary N) is 1. The molecule has 0 spiro atoms. The average molecular weight is 290 g/mol. The molecule has 0 fully saturated rings. The Morgan fingerprint density at radius 2 is 2.12 bits per heavy atom. The molecule has 1 heterocycles. The molecule has 1 aliphatic heterocycles. The molecule has 2 N–H and O–H groups in total. The van der Waals surface area contributed by atoms with Gasteiger partial charge in [0, 0.05) is 9.92 Å². The number of thioether (sulfide) groups is 1. The number of carbonyl (C=O) groups is 2. The topological polar surface area (TPSA) is 66.4 Å². The highest BCUT2D eigenvalue weighted by atomic mass is 35.5. The van der Waals surface area contributed by atoms with Crippen LogP contribution >= 0.6 is 35.0 Å². The Kier molecular flexibility index (Phi) is 3.33. The Morgan fingerprint density at radius 3 is 2.76 bits per heavy atom. The molecule has 1 amide bonds. The van der Waals surface area contributed by atoms with E-state index in [4.69, 9.17) is 28.3 Å². The average Bonchev–Trinajstić information content (AvgIpc) is 2.27. The van der Waals surface area contributed by atoms with Crippen LogP contribution in [0.5, 0.6) is 0 Å². The third-order valence-electron chi connectivity index (χ3n) is 2.00. The highest BCUT2D eigenvalue weighted by Crippen LogP contribution is 2.41. The summed E-state index contributed by atoms with van der Waals surface area (Å²) >= 11 is 12.4. The molecule has 0 atom stereocenters. The molecule has 7 heteroatoms. The van der Waals surface area contributed by atoms with E-state index in [1.54, 1.807) is 18.2 Å². The molecular weight excluding hydrogens is 285 g/mol. The lowest BCUT2D eigenvalue weighted by molar-refractivity contribution is -0.132. The molecule has 88 valence electrons. The van der Waals surface area contributed by atoms with Gasteiger partial charge >= 0.3 is 5.97 Å². The first-order valence-corrected chi connectivity index (χ1v) is 5.98. The molecule has 1 aromatic carbocycles. The monoisotopic (exact) mass is 289 g/mol. The molecule has 0 radical (unpaired) electrons. The predicted molar refractivity (Wildman–Crippen MR) is 66.5 cm³/mol. The molecule has 0 bridgehead atoms. The summed E-state index contributed by atoms with van der Waals surface area (Å²) in [6.45, 7) is 0. The number of hydrogen-bond donors (Lipinski definition) is 2. The first kappa shape index (κ1) is 12.3. The molecule has 0 saturated heterocycles. The van der Waals surface area contributed by atoms with Gasteiger partial charge in [-0.2, -0.15) is 0 Å². The number of amides is 1. The maximum Gasteiger partial charge on any atom is 0.348 e. The fourth-order valence-corrected chi connectivity index (χ4v) is 2.65. The molecule has 0 unspecified atom stereocenters. The van der Waals surface area contributed by atoms with Crippen LogP contribution in [-0.4, -0.2) is 17.0 Å². The molecule has 1 aliphatic rings. The third kappa shape index (κ3) is 2.41. The minimum Gasteiger partial charge on any atom is -0.477 e. The Balaban J connectivity index is 2.48. The van der Waals surface area contributed by atoms with Crippen LogP contribution in [0.3, 0.4) is 0 Å². The van der Waals surface area contributed by atoms with Crippen LogP contribution < -0.4 is 5.32 Å². The number of carboxylic acid groups (broad SMARTS) is 1. The number of carbonyl (C=O) groups excluding carboxylic acids is 1. The second kappa shape index (κ2) is 4.60.